The van der Waals surface area contributed by atoms with E-state index < -0.39 is 0 Å². The summed E-state index contributed by atoms with van der Waals surface area (Å²) < 4.78 is 5.70. The Kier molecular flexibility index (Phi) is 4.23. The molecule has 0 bridgehead atoms. The quantitative estimate of drug-likeness (QED) is 0.604. The summed E-state index contributed by atoms with van der Waals surface area (Å²) in [4.78, 5) is 0. The normalized spacial score (nSPS) is 24.4. The maximum atomic E-state index is 5.70. The van der Waals surface area contributed by atoms with Gasteiger partial charge in [-0.15, -0.1) is 0 Å². The monoisotopic (exact) mass is 180 g/mol. The molecule has 1 heteroatoms. The minimum Gasteiger partial charge on any atom is -0.373 e. The Hall–Kier alpha value is -0.560. The second-order valence-corrected chi connectivity index (χ2v) is 3.81. The molecule has 0 amide bonds. The number of rotatable bonds is 3. The zero-order chi connectivity index (χ0) is 9.68. The molecule has 1 aliphatic rings. The zero-order valence-corrected chi connectivity index (χ0v) is 8.97. The van der Waals surface area contributed by atoms with Crippen LogP contribution in [0.15, 0.2) is 23.3 Å². The first-order valence-corrected chi connectivity index (χ1v) is 5.15. The highest BCUT2D eigenvalue weighted by Crippen LogP contribution is 2.21. The lowest BCUT2D eigenvalue weighted by molar-refractivity contribution is 0.0606. The topological polar surface area (TPSA) is 9.23 Å². The molecule has 0 spiro atoms. The van der Waals surface area contributed by atoms with Crippen LogP contribution in [0.5, 0.6) is 0 Å². The van der Waals surface area contributed by atoms with Crippen LogP contribution in [-0.2, 0) is 4.74 Å². The van der Waals surface area contributed by atoms with Crippen molar-refractivity contribution in [3.05, 3.63) is 23.3 Å². The predicted octanol–water partition coefficient (Wildman–Crippen LogP) is 3.47. The van der Waals surface area contributed by atoms with Gasteiger partial charge in [0.05, 0.1) is 12.7 Å². The number of allylic oxidation sites excluding steroid dienone is 1. The summed E-state index contributed by atoms with van der Waals surface area (Å²) in [5.74, 6) is 0. The van der Waals surface area contributed by atoms with Crippen molar-refractivity contribution in [1.29, 1.82) is 0 Å². The SMILES string of the molecule is CC/C=C\CC1CC(C)=C(C)CO1. The summed E-state index contributed by atoms with van der Waals surface area (Å²) in [6.07, 6.45) is 8.17. The Labute approximate surface area is 81.5 Å². The van der Waals surface area contributed by atoms with E-state index in [1.165, 1.54) is 11.1 Å². The first-order chi connectivity index (χ1) is 6.24. The largest absolute Gasteiger partial charge is 0.373 e. The van der Waals surface area contributed by atoms with Crippen molar-refractivity contribution in [3.63, 3.8) is 0 Å². The highest BCUT2D eigenvalue weighted by atomic mass is 16.5. The molecule has 0 radical (unpaired) electrons. The lowest BCUT2D eigenvalue weighted by atomic mass is 10.00. The average molecular weight is 180 g/mol. The number of hydrogen-bond acceptors (Lipinski definition) is 1. The van der Waals surface area contributed by atoms with Gasteiger partial charge in [0.1, 0.15) is 0 Å². The standard InChI is InChI=1S/C12H20O/c1-4-5-6-7-12-8-10(2)11(3)9-13-12/h5-6,12H,4,7-9H2,1-3H3/b6-5-. The Morgan fingerprint density at radius 3 is 2.69 bits per heavy atom. The fraction of sp³-hybridized carbons (Fsp3) is 0.667. The third-order valence-corrected chi connectivity index (χ3v) is 2.60. The molecule has 1 heterocycles. The van der Waals surface area contributed by atoms with Crippen molar-refractivity contribution in [1.82, 2.24) is 0 Å². The molecule has 74 valence electrons. The lowest BCUT2D eigenvalue weighted by Crippen LogP contribution is -2.19. The van der Waals surface area contributed by atoms with Crippen LogP contribution in [0.2, 0.25) is 0 Å². The fourth-order valence-corrected chi connectivity index (χ4v) is 1.51. The van der Waals surface area contributed by atoms with E-state index >= 15 is 0 Å². The lowest BCUT2D eigenvalue weighted by Gasteiger charge is -2.23. The molecular formula is C12H20O. The van der Waals surface area contributed by atoms with Gasteiger partial charge in [0.2, 0.25) is 0 Å². The van der Waals surface area contributed by atoms with Crippen molar-refractivity contribution in [2.75, 3.05) is 6.61 Å². The molecular weight excluding hydrogens is 160 g/mol. The fourth-order valence-electron chi connectivity index (χ4n) is 1.51. The third-order valence-electron chi connectivity index (χ3n) is 2.60. The van der Waals surface area contributed by atoms with Crippen molar-refractivity contribution < 1.29 is 4.74 Å². The summed E-state index contributed by atoms with van der Waals surface area (Å²) in [5, 5.41) is 0. The number of hydrogen-bond donors (Lipinski definition) is 0. The average Bonchev–Trinajstić information content (AvgIpc) is 2.12. The first kappa shape index (κ1) is 10.5. The smallest absolute Gasteiger partial charge is 0.0680 e. The first-order valence-electron chi connectivity index (χ1n) is 5.15. The van der Waals surface area contributed by atoms with Crippen molar-refractivity contribution >= 4 is 0 Å². The van der Waals surface area contributed by atoms with E-state index in [2.05, 4.69) is 32.9 Å². The van der Waals surface area contributed by atoms with Crippen molar-refractivity contribution in [2.24, 2.45) is 0 Å². The van der Waals surface area contributed by atoms with Gasteiger partial charge in [-0.2, -0.15) is 0 Å². The van der Waals surface area contributed by atoms with Crippen LogP contribution in [0.25, 0.3) is 0 Å². The van der Waals surface area contributed by atoms with Crippen LogP contribution in [0.4, 0.5) is 0 Å². The Bertz CT molecular complexity index is 213. The van der Waals surface area contributed by atoms with Crippen LogP contribution >= 0.6 is 0 Å². The summed E-state index contributed by atoms with van der Waals surface area (Å²) in [5.41, 5.74) is 2.93. The van der Waals surface area contributed by atoms with E-state index in [9.17, 15) is 0 Å². The molecule has 0 aromatic carbocycles. The van der Waals surface area contributed by atoms with Gasteiger partial charge in [-0.05, 0) is 38.7 Å². The molecule has 1 unspecified atom stereocenters. The van der Waals surface area contributed by atoms with E-state index in [0.717, 1.165) is 25.9 Å². The van der Waals surface area contributed by atoms with Gasteiger partial charge >= 0.3 is 0 Å². The predicted molar refractivity (Wildman–Crippen MR) is 56.8 cm³/mol. The van der Waals surface area contributed by atoms with E-state index in [0.29, 0.717) is 6.10 Å². The van der Waals surface area contributed by atoms with Crippen LogP contribution in [0.3, 0.4) is 0 Å². The molecule has 1 atom stereocenters. The van der Waals surface area contributed by atoms with E-state index in [1.807, 2.05) is 0 Å². The van der Waals surface area contributed by atoms with Crippen molar-refractivity contribution in [2.45, 2.75) is 46.1 Å². The van der Waals surface area contributed by atoms with Gasteiger partial charge in [0.25, 0.3) is 0 Å². The van der Waals surface area contributed by atoms with E-state index in [4.69, 9.17) is 4.74 Å². The van der Waals surface area contributed by atoms with Crippen LogP contribution in [0.1, 0.15) is 40.0 Å². The van der Waals surface area contributed by atoms with Gasteiger partial charge in [0, 0.05) is 0 Å². The second-order valence-electron chi connectivity index (χ2n) is 3.81. The summed E-state index contributed by atoms with van der Waals surface area (Å²) in [6.45, 7) is 7.37. The van der Waals surface area contributed by atoms with E-state index in [-0.39, 0.29) is 0 Å². The Morgan fingerprint density at radius 1 is 1.31 bits per heavy atom. The van der Waals surface area contributed by atoms with Crippen molar-refractivity contribution in [3.8, 4) is 0 Å². The maximum Gasteiger partial charge on any atom is 0.0680 e. The molecule has 1 rings (SSSR count). The summed E-state index contributed by atoms with van der Waals surface area (Å²) in [7, 11) is 0. The molecule has 13 heavy (non-hydrogen) atoms. The van der Waals surface area contributed by atoms with Crippen LogP contribution < -0.4 is 0 Å². The molecule has 0 aliphatic carbocycles. The minimum absolute atomic E-state index is 0.423. The highest BCUT2D eigenvalue weighted by molar-refractivity contribution is 5.14. The molecule has 1 aliphatic heterocycles. The van der Waals surface area contributed by atoms with E-state index in [1.54, 1.807) is 0 Å². The zero-order valence-electron chi connectivity index (χ0n) is 8.97. The molecule has 0 aromatic heterocycles. The van der Waals surface area contributed by atoms with Gasteiger partial charge < -0.3 is 4.74 Å². The molecule has 0 fully saturated rings. The Balaban J connectivity index is 2.36. The van der Waals surface area contributed by atoms with Gasteiger partial charge in [-0.1, -0.05) is 24.6 Å². The van der Waals surface area contributed by atoms with Crippen LogP contribution in [-0.4, -0.2) is 12.7 Å². The highest BCUT2D eigenvalue weighted by Gasteiger charge is 2.15. The molecule has 1 nitrogen and oxygen atoms in total. The van der Waals surface area contributed by atoms with Gasteiger partial charge in [-0.3, -0.25) is 0 Å². The number of ether oxygens (including phenoxy) is 1. The minimum atomic E-state index is 0.423. The molecule has 0 saturated heterocycles. The second kappa shape index (κ2) is 5.23. The molecule has 0 saturated carbocycles. The Morgan fingerprint density at radius 2 is 2.08 bits per heavy atom. The van der Waals surface area contributed by atoms with Gasteiger partial charge in [0.15, 0.2) is 0 Å². The maximum absolute atomic E-state index is 5.70. The summed E-state index contributed by atoms with van der Waals surface area (Å²) >= 11 is 0. The third kappa shape index (κ3) is 3.35. The molecule has 0 aromatic rings. The van der Waals surface area contributed by atoms with Crippen LogP contribution in [0, 0.1) is 0 Å². The summed E-state index contributed by atoms with van der Waals surface area (Å²) in [6, 6.07) is 0. The molecule has 0 N–H and O–H groups in total. The van der Waals surface area contributed by atoms with Gasteiger partial charge in [-0.25, -0.2) is 0 Å².